The molecule has 0 fully saturated rings. The summed E-state index contributed by atoms with van der Waals surface area (Å²) >= 11 is 0. The summed E-state index contributed by atoms with van der Waals surface area (Å²) in [6.07, 6.45) is 18.7. The van der Waals surface area contributed by atoms with Gasteiger partial charge in [0.15, 0.2) is 0 Å². The molecule has 0 rings (SSSR count). The van der Waals surface area contributed by atoms with Crippen LogP contribution in [0.3, 0.4) is 0 Å². The quantitative estimate of drug-likeness (QED) is 0.281. The van der Waals surface area contributed by atoms with E-state index in [2.05, 4.69) is 72.1 Å². The maximum absolute atomic E-state index is 4.44. The SMILES string of the molecule is C=C[C@H](C)CC[C@H](C/C=C(\C)CC/C=C/C)C(=C)CCCC(C)C. The Balaban J connectivity index is 4.57. The Morgan fingerprint density at radius 2 is 1.75 bits per heavy atom. The zero-order valence-corrected chi connectivity index (χ0v) is 17.1. The maximum atomic E-state index is 4.44. The van der Waals surface area contributed by atoms with Crippen molar-refractivity contribution in [2.45, 2.75) is 86.0 Å². The predicted molar refractivity (Wildman–Crippen MR) is 112 cm³/mol. The van der Waals surface area contributed by atoms with Gasteiger partial charge < -0.3 is 0 Å². The molecule has 0 N–H and O–H groups in total. The lowest BCUT2D eigenvalue weighted by atomic mass is 9.85. The maximum Gasteiger partial charge on any atom is -0.0171 e. The Morgan fingerprint density at radius 3 is 2.33 bits per heavy atom. The first-order valence-corrected chi connectivity index (χ1v) is 9.97. The van der Waals surface area contributed by atoms with Gasteiger partial charge in [0.2, 0.25) is 0 Å². The fraction of sp³-hybridized carbons (Fsp3) is 0.667. The Labute approximate surface area is 152 Å². The first kappa shape index (κ1) is 23.0. The second kappa shape index (κ2) is 14.3. The van der Waals surface area contributed by atoms with Crippen molar-refractivity contribution in [3.05, 3.63) is 48.6 Å². The highest BCUT2D eigenvalue weighted by molar-refractivity contribution is 5.07. The topological polar surface area (TPSA) is 0 Å². The molecule has 0 radical (unpaired) electrons. The smallest absolute Gasteiger partial charge is 0.0171 e. The first-order chi connectivity index (χ1) is 11.4. The molecule has 0 heterocycles. The average molecular weight is 331 g/mol. The number of hydrogen-bond acceptors (Lipinski definition) is 0. The Kier molecular flexibility index (Phi) is 13.7. The van der Waals surface area contributed by atoms with E-state index in [1.165, 1.54) is 49.7 Å². The van der Waals surface area contributed by atoms with Crippen molar-refractivity contribution in [2.24, 2.45) is 17.8 Å². The van der Waals surface area contributed by atoms with Crippen LogP contribution >= 0.6 is 0 Å². The van der Waals surface area contributed by atoms with Crippen LogP contribution in [0.4, 0.5) is 0 Å². The molecule has 0 aromatic rings. The molecule has 0 aliphatic carbocycles. The van der Waals surface area contributed by atoms with Gasteiger partial charge in [0.25, 0.3) is 0 Å². The monoisotopic (exact) mass is 330 g/mol. The summed E-state index contributed by atoms with van der Waals surface area (Å²) in [5, 5.41) is 0. The standard InChI is InChI=1S/C24H42/c1-8-10-11-14-22(6)17-19-24(18-16-21(5)9-2)23(7)15-12-13-20(3)4/h8-10,17,20-21,24H,2,7,11-16,18-19H2,1,3-6H3/b10-8+,22-17+/t21-,24+/m0/s1. The van der Waals surface area contributed by atoms with Gasteiger partial charge in [-0.25, -0.2) is 0 Å². The first-order valence-electron chi connectivity index (χ1n) is 9.97. The van der Waals surface area contributed by atoms with E-state index in [0.717, 1.165) is 18.8 Å². The van der Waals surface area contributed by atoms with Gasteiger partial charge in [0.1, 0.15) is 0 Å². The molecule has 0 nitrogen and oxygen atoms in total. The molecule has 0 spiro atoms. The summed E-state index contributed by atoms with van der Waals surface area (Å²) in [5.41, 5.74) is 2.98. The van der Waals surface area contributed by atoms with Crippen LogP contribution < -0.4 is 0 Å². The van der Waals surface area contributed by atoms with Gasteiger partial charge in [-0.3, -0.25) is 0 Å². The van der Waals surface area contributed by atoms with Gasteiger partial charge >= 0.3 is 0 Å². The molecule has 0 saturated carbocycles. The molecule has 138 valence electrons. The van der Waals surface area contributed by atoms with Crippen molar-refractivity contribution in [3.8, 4) is 0 Å². The van der Waals surface area contributed by atoms with E-state index in [1.807, 2.05) is 0 Å². The lowest BCUT2D eigenvalue weighted by molar-refractivity contribution is 0.469. The largest absolute Gasteiger partial charge is 0.103 e. The lowest BCUT2D eigenvalue weighted by Gasteiger charge is -2.20. The van der Waals surface area contributed by atoms with Crippen LogP contribution in [0, 0.1) is 17.8 Å². The zero-order valence-electron chi connectivity index (χ0n) is 17.1. The molecule has 0 amide bonds. The minimum absolute atomic E-state index is 0.607. The van der Waals surface area contributed by atoms with Gasteiger partial charge in [-0.2, -0.15) is 0 Å². The summed E-state index contributed by atoms with van der Waals surface area (Å²) in [4.78, 5) is 0. The van der Waals surface area contributed by atoms with Crippen molar-refractivity contribution >= 4 is 0 Å². The zero-order chi connectivity index (χ0) is 18.4. The molecule has 24 heavy (non-hydrogen) atoms. The number of hydrogen-bond donors (Lipinski definition) is 0. The van der Waals surface area contributed by atoms with Crippen LogP contribution in [0.2, 0.25) is 0 Å². The minimum Gasteiger partial charge on any atom is -0.103 e. The second-order valence-corrected chi connectivity index (χ2v) is 7.83. The van der Waals surface area contributed by atoms with E-state index >= 15 is 0 Å². The third-order valence-electron chi connectivity index (χ3n) is 4.92. The number of rotatable bonds is 14. The summed E-state index contributed by atoms with van der Waals surface area (Å²) < 4.78 is 0. The molecule has 0 bridgehead atoms. The summed E-state index contributed by atoms with van der Waals surface area (Å²) in [6, 6.07) is 0. The van der Waals surface area contributed by atoms with Crippen molar-refractivity contribution in [1.82, 2.24) is 0 Å². The minimum atomic E-state index is 0.607. The highest BCUT2D eigenvalue weighted by atomic mass is 14.2. The van der Waals surface area contributed by atoms with Crippen LogP contribution in [0.5, 0.6) is 0 Å². The second-order valence-electron chi connectivity index (χ2n) is 7.83. The van der Waals surface area contributed by atoms with Gasteiger partial charge in [0, 0.05) is 0 Å². The normalized spacial score (nSPS) is 15.0. The van der Waals surface area contributed by atoms with Gasteiger partial charge in [0.05, 0.1) is 0 Å². The van der Waals surface area contributed by atoms with E-state index in [1.54, 1.807) is 0 Å². The molecule has 0 aromatic carbocycles. The van der Waals surface area contributed by atoms with Crippen molar-refractivity contribution in [3.63, 3.8) is 0 Å². The molecule has 0 aliphatic heterocycles. The van der Waals surface area contributed by atoms with Crippen LogP contribution in [-0.2, 0) is 0 Å². The Bertz CT molecular complexity index is 394. The molecular formula is C24H42. The van der Waals surface area contributed by atoms with E-state index in [4.69, 9.17) is 0 Å². The van der Waals surface area contributed by atoms with Crippen molar-refractivity contribution in [2.75, 3.05) is 0 Å². The van der Waals surface area contributed by atoms with Crippen LogP contribution in [0.15, 0.2) is 48.6 Å². The number of allylic oxidation sites excluding steroid dienone is 6. The van der Waals surface area contributed by atoms with Crippen LogP contribution in [0.25, 0.3) is 0 Å². The Morgan fingerprint density at radius 1 is 1.04 bits per heavy atom. The van der Waals surface area contributed by atoms with E-state index < -0.39 is 0 Å². The lowest BCUT2D eigenvalue weighted by Crippen LogP contribution is -2.06. The summed E-state index contributed by atoms with van der Waals surface area (Å²) in [7, 11) is 0. The van der Waals surface area contributed by atoms with Gasteiger partial charge in [-0.05, 0) is 76.5 Å². The van der Waals surface area contributed by atoms with E-state index in [9.17, 15) is 0 Å². The molecule has 0 aromatic heterocycles. The molecule has 0 unspecified atom stereocenters. The molecule has 0 heteroatoms. The fourth-order valence-electron chi connectivity index (χ4n) is 2.94. The predicted octanol–water partition coefficient (Wildman–Crippen LogP) is 8.28. The van der Waals surface area contributed by atoms with E-state index in [0.29, 0.717) is 11.8 Å². The molecule has 0 saturated heterocycles. The summed E-state index contributed by atoms with van der Waals surface area (Å²) in [5.74, 6) is 2.04. The summed E-state index contributed by atoms with van der Waals surface area (Å²) in [6.45, 7) is 19.6. The average Bonchev–Trinajstić information content (AvgIpc) is 2.54. The van der Waals surface area contributed by atoms with E-state index in [-0.39, 0.29) is 0 Å². The fourth-order valence-corrected chi connectivity index (χ4v) is 2.94. The third kappa shape index (κ3) is 12.4. The third-order valence-corrected chi connectivity index (χ3v) is 4.92. The Hall–Kier alpha value is -1.04. The van der Waals surface area contributed by atoms with Crippen LogP contribution in [-0.4, -0.2) is 0 Å². The van der Waals surface area contributed by atoms with Crippen LogP contribution in [0.1, 0.15) is 86.0 Å². The highest BCUT2D eigenvalue weighted by Gasteiger charge is 2.13. The molecule has 2 atom stereocenters. The molecule has 0 aliphatic rings. The van der Waals surface area contributed by atoms with Gasteiger partial charge in [-0.1, -0.05) is 69.2 Å². The van der Waals surface area contributed by atoms with Crippen molar-refractivity contribution < 1.29 is 0 Å². The highest BCUT2D eigenvalue weighted by Crippen LogP contribution is 2.28. The molecular weight excluding hydrogens is 288 g/mol. The van der Waals surface area contributed by atoms with Gasteiger partial charge in [-0.15, -0.1) is 6.58 Å². The van der Waals surface area contributed by atoms with Crippen molar-refractivity contribution in [1.29, 1.82) is 0 Å².